The van der Waals surface area contributed by atoms with Gasteiger partial charge < -0.3 is 25.2 Å². The fraction of sp³-hybridized carbons (Fsp3) is 0.357. The van der Waals surface area contributed by atoms with Crippen LogP contribution in [0, 0.1) is 0 Å². The number of benzene rings is 2. The van der Waals surface area contributed by atoms with Gasteiger partial charge in [-0.15, -0.1) is 0 Å². The van der Waals surface area contributed by atoms with Crippen LogP contribution in [0.25, 0.3) is 5.69 Å². The van der Waals surface area contributed by atoms with E-state index in [1.807, 2.05) is 69.1 Å². The highest BCUT2D eigenvalue weighted by molar-refractivity contribution is 5.96. The van der Waals surface area contributed by atoms with E-state index in [9.17, 15) is 14.4 Å². The van der Waals surface area contributed by atoms with Crippen LogP contribution in [-0.2, 0) is 11.2 Å². The zero-order valence-corrected chi connectivity index (χ0v) is 22.8. The number of amides is 2. The molecule has 0 aliphatic heterocycles. The summed E-state index contributed by atoms with van der Waals surface area (Å²) in [4.78, 5) is 42.7. The molecule has 2 amide bonds. The van der Waals surface area contributed by atoms with Crippen molar-refractivity contribution in [3.63, 3.8) is 0 Å². The zero-order valence-electron chi connectivity index (χ0n) is 22.8. The van der Waals surface area contributed by atoms with Crippen LogP contribution in [0.3, 0.4) is 0 Å². The predicted molar refractivity (Wildman–Crippen MR) is 149 cm³/mol. The molecule has 202 valence electrons. The van der Waals surface area contributed by atoms with Crippen molar-refractivity contribution in [1.82, 2.24) is 14.7 Å². The van der Waals surface area contributed by atoms with Gasteiger partial charge in [0.05, 0.1) is 19.3 Å². The van der Waals surface area contributed by atoms with Crippen LogP contribution in [-0.4, -0.2) is 80.2 Å². The average molecular weight is 521 g/mol. The second kappa shape index (κ2) is 12.4. The molecule has 38 heavy (non-hydrogen) atoms. The van der Waals surface area contributed by atoms with E-state index in [0.29, 0.717) is 42.8 Å². The zero-order chi connectivity index (χ0) is 28.0. The average Bonchev–Trinajstić information content (AvgIpc) is 3.26. The number of ether oxygens (including phenoxy) is 1. The molecule has 3 aromatic rings. The van der Waals surface area contributed by atoms with E-state index in [0.717, 1.165) is 11.4 Å². The third-order valence-corrected chi connectivity index (χ3v) is 6.19. The number of primary amides is 1. The first-order valence-electron chi connectivity index (χ1n) is 12.4. The molecular formula is C28H36N6O4. The number of aromatic nitrogens is 2. The fourth-order valence-corrected chi connectivity index (χ4v) is 4.30. The van der Waals surface area contributed by atoms with Gasteiger partial charge in [0.15, 0.2) is 12.0 Å². The lowest BCUT2D eigenvalue weighted by molar-refractivity contribution is -0.119. The second-order valence-corrected chi connectivity index (χ2v) is 9.59. The molecule has 2 N–H and O–H groups in total. The number of anilines is 2. The Morgan fingerprint density at radius 2 is 1.63 bits per heavy atom. The number of aldehydes is 1. The van der Waals surface area contributed by atoms with Crippen LogP contribution >= 0.6 is 0 Å². The standard InChI is InChI=1S/C28H36N6O4/c1-19(2)33(26(36)17-31(3)4)21-9-7-20(8-10-21)32(5)16-15-24-25(18-35)34(30-27(24)28(29)37)22-11-13-23(38-6)14-12-22/h7-14,18-19H,15-17H2,1-6H3,(H2,29,37). The van der Waals surface area contributed by atoms with Gasteiger partial charge in [0.2, 0.25) is 5.91 Å². The van der Waals surface area contributed by atoms with Gasteiger partial charge in [-0.3, -0.25) is 14.4 Å². The predicted octanol–water partition coefficient (Wildman–Crippen LogP) is 2.77. The van der Waals surface area contributed by atoms with Crippen molar-refractivity contribution in [1.29, 1.82) is 0 Å². The van der Waals surface area contributed by atoms with Gasteiger partial charge in [0, 0.05) is 36.6 Å². The van der Waals surface area contributed by atoms with E-state index in [2.05, 4.69) is 5.10 Å². The molecule has 0 bridgehead atoms. The summed E-state index contributed by atoms with van der Waals surface area (Å²) in [6.07, 6.45) is 1.07. The summed E-state index contributed by atoms with van der Waals surface area (Å²) in [5.41, 5.74) is 8.82. The van der Waals surface area contributed by atoms with Crippen molar-refractivity contribution in [2.45, 2.75) is 26.3 Å². The molecule has 0 atom stereocenters. The molecule has 0 radical (unpaired) electrons. The molecule has 3 rings (SSSR count). The molecule has 2 aromatic carbocycles. The highest BCUT2D eigenvalue weighted by Crippen LogP contribution is 2.24. The number of likely N-dealkylation sites (N-methyl/N-ethyl adjacent to an activating group) is 2. The first-order valence-corrected chi connectivity index (χ1v) is 12.4. The van der Waals surface area contributed by atoms with Crippen molar-refractivity contribution in [3.05, 3.63) is 65.5 Å². The summed E-state index contributed by atoms with van der Waals surface area (Å²) in [5, 5.41) is 4.35. The molecule has 0 saturated heterocycles. The Hall–Kier alpha value is -4.18. The van der Waals surface area contributed by atoms with Crippen molar-refractivity contribution >= 4 is 29.5 Å². The van der Waals surface area contributed by atoms with Crippen molar-refractivity contribution < 1.29 is 19.1 Å². The summed E-state index contributed by atoms with van der Waals surface area (Å²) in [6.45, 7) is 4.80. The normalized spacial score (nSPS) is 11.1. The number of methoxy groups -OCH3 is 1. The first-order chi connectivity index (χ1) is 18.1. The number of nitrogens with two attached hydrogens (primary N) is 1. The maximum absolute atomic E-state index is 12.8. The Labute approximate surface area is 223 Å². The molecule has 1 aromatic heterocycles. The summed E-state index contributed by atoms with van der Waals surface area (Å²) < 4.78 is 6.63. The SMILES string of the molecule is COc1ccc(-n2nc(C(N)=O)c(CCN(C)c3ccc(N(C(=O)CN(C)C)C(C)C)cc3)c2C=O)cc1. The molecular weight excluding hydrogens is 484 g/mol. The van der Waals surface area contributed by atoms with E-state index in [-0.39, 0.29) is 23.3 Å². The summed E-state index contributed by atoms with van der Waals surface area (Å²) in [5.74, 6) is -0.00554. The second-order valence-electron chi connectivity index (χ2n) is 9.59. The molecule has 0 saturated carbocycles. The highest BCUT2D eigenvalue weighted by atomic mass is 16.5. The summed E-state index contributed by atoms with van der Waals surface area (Å²) >= 11 is 0. The van der Waals surface area contributed by atoms with Gasteiger partial charge in [-0.2, -0.15) is 5.10 Å². The largest absolute Gasteiger partial charge is 0.497 e. The number of nitrogens with zero attached hydrogens (tertiary/aromatic N) is 5. The summed E-state index contributed by atoms with van der Waals surface area (Å²) in [6, 6.07) is 14.8. The van der Waals surface area contributed by atoms with Gasteiger partial charge >= 0.3 is 0 Å². The minimum absolute atomic E-state index is 0.0160. The van der Waals surface area contributed by atoms with Crippen LogP contribution in [0.2, 0.25) is 0 Å². The molecule has 1 heterocycles. The maximum Gasteiger partial charge on any atom is 0.269 e. The first kappa shape index (κ1) is 28.4. The number of carbonyl (C=O) groups is 3. The van der Waals surface area contributed by atoms with Gasteiger partial charge in [0.1, 0.15) is 11.4 Å². The third-order valence-electron chi connectivity index (χ3n) is 6.19. The lowest BCUT2D eigenvalue weighted by Crippen LogP contribution is -2.42. The minimum atomic E-state index is -0.696. The number of rotatable bonds is 12. The third kappa shape index (κ3) is 6.38. The van der Waals surface area contributed by atoms with Crippen LogP contribution < -0.4 is 20.3 Å². The fourth-order valence-electron chi connectivity index (χ4n) is 4.30. The quantitative estimate of drug-likeness (QED) is 0.365. The lowest BCUT2D eigenvalue weighted by Gasteiger charge is -2.29. The van der Waals surface area contributed by atoms with Crippen LogP contribution in [0.15, 0.2) is 48.5 Å². The monoisotopic (exact) mass is 520 g/mol. The number of hydrogen-bond donors (Lipinski definition) is 1. The van der Waals surface area contributed by atoms with Crippen molar-refractivity contribution in [2.24, 2.45) is 5.73 Å². The van der Waals surface area contributed by atoms with Gasteiger partial charge in [-0.25, -0.2) is 4.68 Å². The highest BCUT2D eigenvalue weighted by Gasteiger charge is 2.23. The number of carbonyl (C=O) groups excluding carboxylic acids is 3. The van der Waals surface area contributed by atoms with Gasteiger partial charge in [0.25, 0.3) is 5.91 Å². The molecule has 0 aliphatic rings. The van der Waals surface area contributed by atoms with Crippen LogP contribution in [0.5, 0.6) is 5.75 Å². The molecule has 10 heteroatoms. The Kier molecular flexibility index (Phi) is 9.25. The number of hydrogen-bond acceptors (Lipinski definition) is 7. The Morgan fingerprint density at radius 1 is 1.03 bits per heavy atom. The van der Waals surface area contributed by atoms with Crippen molar-refractivity contribution in [2.75, 3.05) is 51.1 Å². The van der Waals surface area contributed by atoms with Crippen molar-refractivity contribution in [3.8, 4) is 11.4 Å². The van der Waals surface area contributed by atoms with Crippen LogP contribution in [0.1, 0.15) is 40.4 Å². The van der Waals surface area contributed by atoms with Crippen LogP contribution in [0.4, 0.5) is 11.4 Å². The summed E-state index contributed by atoms with van der Waals surface area (Å²) in [7, 11) is 7.23. The topological polar surface area (TPSA) is 114 Å². The Balaban J connectivity index is 1.82. The minimum Gasteiger partial charge on any atom is -0.497 e. The molecule has 0 unspecified atom stereocenters. The van der Waals surface area contributed by atoms with E-state index in [4.69, 9.17) is 10.5 Å². The van der Waals surface area contributed by atoms with Gasteiger partial charge in [-0.05, 0) is 82.9 Å². The maximum atomic E-state index is 12.8. The van der Waals surface area contributed by atoms with E-state index in [1.165, 1.54) is 4.68 Å². The van der Waals surface area contributed by atoms with E-state index in [1.54, 1.807) is 36.3 Å². The molecule has 0 fully saturated rings. The molecule has 0 spiro atoms. The Morgan fingerprint density at radius 3 is 2.13 bits per heavy atom. The Bertz CT molecular complexity index is 1270. The smallest absolute Gasteiger partial charge is 0.269 e. The van der Waals surface area contributed by atoms with E-state index < -0.39 is 5.91 Å². The molecule has 0 aliphatic carbocycles. The van der Waals surface area contributed by atoms with E-state index >= 15 is 0 Å². The van der Waals surface area contributed by atoms with Gasteiger partial charge in [-0.1, -0.05) is 0 Å². The lowest BCUT2D eigenvalue weighted by atomic mass is 10.1. The molecule has 10 nitrogen and oxygen atoms in total.